The topological polar surface area (TPSA) is 58.3 Å². The summed E-state index contributed by atoms with van der Waals surface area (Å²) in [6.45, 7) is 13.7. The highest BCUT2D eigenvalue weighted by molar-refractivity contribution is 5.80. The number of nitrogens with one attached hydrogen (secondary N) is 1. The highest BCUT2D eigenvalue weighted by atomic mass is 15.3. The summed E-state index contributed by atoms with van der Waals surface area (Å²) < 4.78 is 2.12. The van der Waals surface area contributed by atoms with Crippen molar-refractivity contribution in [2.75, 3.05) is 26.2 Å². The highest BCUT2D eigenvalue weighted by Crippen LogP contribution is 2.15. The van der Waals surface area contributed by atoms with Gasteiger partial charge in [-0.25, -0.2) is 0 Å². The van der Waals surface area contributed by atoms with Crippen LogP contribution < -0.4 is 5.32 Å². The fourth-order valence-corrected chi connectivity index (χ4v) is 2.95. The van der Waals surface area contributed by atoms with Crippen molar-refractivity contribution in [1.82, 2.24) is 25.0 Å². The minimum absolute atomic E-state index is 0.582. The molecule has 2 heterocycles. The molecule has 1 aliphatic rings. The number of hydrogen-bond acceptors (Lipinski definition) is 3. The number of guanidine groups is 1. The van der Waals surface area contributed by atoms with Crippen LogP contribution in [-0.4, -0.2) is 51.8 Å². The molecular weight excluding hydrogens is 288 g/mol. The molecule has 1 unspecified atom stereocenters. The van der Waals surface area contributed by atoms with Gasteiger partial charge in [0.05, 0.1) is 0 Å². The van der Waals surface area contributed by atoms with Crippen LogP contribution in [0.15, 0.2) is 11.3 Å². The van der Waals surface area contributed by atoms with E-state index in [-0.39, 0.29) is 0 Å². The summed E-state index contributed by atoms with van der Waals surface area (Å²) in [6, 6.07) is 0. The second-order valence-corrected chi connectivity index (χ2v) is 6.97. The van der Waals surface area contributed by atoms with E-state index in [4.69, 9.17) is 4.99 Å². The van der Waals surface area contributed by atoms with Crippen molar-refractivity contribution in [1.29, 1.82) is 0 Å². The number of hydrogen-bond donors (Lipinski definition) is 1. The third-order valence-electron chi connectivity index (χ3n) is 4.21. The standard InChI is InChI=1S/C17H32N6/c1-5-16-21-20-13-23(16)10-8-18-17(19-11-14(2)3)22-9-6-7-15(4)12-22/h13-15H,5-12H2,1-4H3,(H,18,19). The maximum Gasteiger partial charge on any atom is 0.194 e. The normalized spacial score (nSPS) is 19.4. The Morgan fingerprint density at radius 1 is 1.48 bits per heavy atom. The van der Waals surface area contributed by atoms with E-state index in [1.54, 1.807) is 0 Å². The van der Waals surface area contributed by atoms with Gasteiger partial charge in [-0.1, -0.05) is 27.7 Å². The molecule has 6 nitrogen and oxygen atoms in total. The molecule has 0 radical (unpaired) electrons. The molecule has 1 aliphatic heterocycles. The molecule has 6 heteroatoms. The van der Waals surface area contributed by atoms with E-state index in [1.807, 2.05) is 6.33 Å². The molecule has 1 aromatic heterocycles. The van der Waals surface area contributed by atoms with Crippen LogP contribution in [0.4, 0.5) is 0 Å². The van der Waals surface area contributed by atoms with Crippen molar-refractivity contribution in [2.45, 2.75) is 53.5 Å². The molecular formula is C17H32N6. The zero-order valence-corrected chi connectivity index (χ0v) is 15.1. The Labute approximate surface area is 140 Å². The number of aromatic nitrogens is 3. The second kappa shape index (κ2) is 8.89. The van der Waals surface area contributed by atoms with Gasteiger partial charge >= 0.3 is 0 Å². The molecule has 0 amide bonds. The first-order valence-corrected chi connectivity index (χ1v) is 9.00. The summed E-state index contributed by atoms with van der Waals surface area (Å²) in [5.74, 6) is 3.44. The van der Waals surface area contributed by atoms with Gasteiger partial charge in [0.25, 0.3) is 0 Å². The van der Waals surface area contributed by atoms with Crippen LogP contribution in [0.2, 0.25) is 0 Å². The Balaban J connectivity index is 1.93. The van der Waals surface area contributed by atoms with Crippen LogP contribution >= 0.6 is 0 Å². The smallest absolute Gasteiger partial charge is 0.194 e. The molecule has 1 saturated heterocycles. The van der Waals surface area contributed by atoms with Crippen molar-refractivity contribution in [3.8, 4) is 0 Å². The Morgan fingerprint density at radius 2 is 2.30 bits per heavy atom. The molecule has 1 N–H and O–H groups in total. The number of aliphatic imine (C=N–C) groups is 1. The lowest BCUT2D eigenvalue weighted by Gasteiger charge is -2.34. The van der Waals surface area contributed by atoms with Crippen molar-refractivity contribution in [3.05, 3.63) is 12.2 Å². The maximum absolute atomic E-state index is 4.83. The van der Waals surface area contributed by atoms with Crippen LogP contribution in [0.1, 0.15) is 46.4 Å². The summed E-state index contributed by atoms with van der Waals surface area (Å²) >= 11 is 0. The number of piperidine rings is 1. The summed E-state index contributed by atoms with van der Waals surface area (Å²) in [7, 11) is 0. The predicted octanol–water partition coefficient (Wildman–Crippen LogP) is 2.17. The highest BCUT2D eigenvalue weighted by Gasteiger charge is 2.19. The Morgan fingerprint density at radius 3 is 3.00 bits per heavy atom. The quantitative estimate of drug-likeness (QED) is 0.645. The second-order valence-electron chi connectivity index (χ2n) is 6.97. The Hall–Kier alpha value is -1.59. The average Bonchev–Trinajstić information content (AvgIpc) is 2.97. The lowest BCUT2D eigenvalue weighted by atomic mass is 10.0. The Kier molecular flexibility index (Phi) is 6.86. The number of nitrogens with zero attached hydrogens (tertiary/aromatic N) is 5. The van der Waals surface area contributed by atoms with Gasteiger partial charge in [-0.05, 0) is 24.7 Å². The lowest BCUT2D eigenvalue weighted by molar-refractivity contribution is 0.265. The van der Waals surface area contributed by atoms with Gasteiger partial charge in [0, 0.05) is 39.1 Å². The van der Waals surface area contributed by atoms with Gasteiger partial charge in [0.1, 0.15) is 12.2 Å². The van der Waals surface area contributed by atoms with Crippen molar-refractivity contribution in [2.24, 2.45) is 16.8 Å². The molecule has 23 heavy (non-hydrogen) atoms. The van der Waals surface area contributed by atoms with Crippen LogP contribution in [0, 0.1) is 11.8 Å². The third-order valence-corrected chi connectivity index (χ3v) is 4.21. The van der Waals surface area contributed by atoms with Gasteiger partial charge in [0.2, 0.25) is 0 Å². The molecule has 1 fully saturated rings. The SMILES string of the molecule is CCc1nncn1CCNC(=NCC(C)C)N1CCCC(C)C1. The van der Waals surface area contributed by atoms with E-state index < -0.39 is 0 Å². The molecule has 0 aromatic carbocycles. The first-order valence-electron chi connectivity index (χ1n) is 9.00. The summed E-state index contributed by atoms with van der Waals surface area (Å²) in [5.41, 5.74) is 0. The van der Waals surface area contributed by atoms with E-state index in [0.717, 1.165) is 56.8 Å². The molecule has 1 aromatic rings. The number of likely N-dealkylation sites (tertiary alicyclic amines) is 1. The molecule has 1 atom stereocenters. The first-order chi connectivity index (χ1) is 11.1. The summed E-state index contributed by atoms with van der Waals surface area (Å²) in [5, 5.41) is 11.7. The largest absolute Gasteiger partial charge is 0.354 e. The van der Waals surface area contributed by atoms with Gasteiger partial charge in [-0.3, -0.25) is 4.99 Å². The van der Waals surface area contributed by atoms with E-state index in [9.17, 15) is 0 Å². The van der Waals surface area contributed by atoms with Crippen LogP contribution in [0.25, 0.3) is 0 Å². The monoisotopic (exact) mass is 320 g/mol. The Bertz CT molecular complexity index is 493. The molecule has 0 spiro atoms. The minimum Gasteiger partial charge on any atom is -0.354 e. The maximum atomic E-state index is 4.83. The lowest BCUT2D eigenvalue weighted by Crippen LogP contribution is -2.47. The third kappa shape index (κ3) is 5.52. The number of aryl methyl sites for hydroxylation is 1. The van der Waals surface area contributed by atoms with Crippen molar-refractivity contribution < 1.29 is 0 Å². The zero-order valence-electron chi connectivity index (χ0n) is 15.1. The van der Waals surface area contributed by atoms with Crippen molar-refractivity contribution >= 4 is 5.96 Å². The first kappa shape index (κ1) is 17.8. The summed E-state index contributed by atoms with van der Waals surface area (Å²) in [4.78, 5) is 7.25. The van der Waals surface area contributed by atoms with Crippen LogP contribution in [0.5, 0.6) is 0 Å². The molecule has 130 valence electrons. The van der Waals surface area contributed by atoms with Crippen molar-refractivity contribution in [3.63, 3.8) is 0 Å². The van der Waals surface area contributed by atoms with E-state index in [0.29, 0.717) is 5.92 Å². The molecule has 0 aliphatic carbocycles. The van der Waals surface area contributed by atoms with Crippen LogP contribution in [0.3, 0.4) is 0 Å². The van der Waals surface area contributed by atoms with Gasteiger partial charge in [0.15, 0.2) is 5.96 Å². The zero-order chi connectivity index (χ0) is 16.7. The van der Waals surface area contributed by atoms with Gasteiger partial charge < -0.3 is 14.8 Å². The van der Waals surface area contributed by atoms with E-state index in [2.05, 4.69) is 52.7 Å². The van der Waals surface area contributed by atoms with Gasteiger partial charge in [-0.15, -0.1) is 10.2 Å². The fraction of sp³-hybridized carbons (Fsp3) is 0.824. The average molecular weight is 320 g/mol. The predicted molar refractivity (Wildman–Crippen MR) is 94.5 cm³/mol. The summed E-state index contributed by atoms with van der Waals surface area (Å²) in [6.07, 6.45) is 5.32. The van der Waals surface area contributed by atoms with Crippen LogP contribution in [-0.2, 0) is 13.0 Å². The molecule has 0 bridgehead atoms. The van der Waals surface area contributed by atoms with E-state index in [1.165, 1.54) is 12.8 Å². The fourth-order valence-electron chi connectivity index (χ4n) is 2.95. The molecule has 2 rings (SSSR count). The molecule has 0 saturated carbocycles. The van der Waals surface area contributed by atoms with Gasteiger partial charge in [-0.2, -0.15) is 0 Å². The number of rotatable bonds is 6. The van der Waals surface area contributed by atoms with E-state index >= 15 is 0 Å². The minimum atomic E-state index is 0.582.